The van der Waals surface area contributed by atoms with Crippen molar-refractivity contribution in [1.82, 2.24) is 4.90 Å². The lowest BCUT2D eigenvalue weighted by Crippen LogP contribution is -2.23. The molecule has 1 heterocycles. The van der Waals surface area contributed by atoms with E-state index in [1.807, 2.05) is 6.07 Å². The maximum atomic E-state index is 12.5. The molecule has 5 rings (SSSR count). The van der Waals surface area contributed by atoms with Crippen LogP contribution in [0.25, 0.3) is 11.1 Å². The first kappa shape index (κ1) is 23.9. The molecule has 0 aromatic heterocycles. The van der Waals surface area contributed by atoms with Gasteiger partial charge in [0.1, 0.15) is 13.6 Å². The highest BCUT2D eigenvalue weighted by Crippen LogP contribution is 2.39. The fourth-order valence-electron chi connectivity index (χ4n) is 5.53. The van der Waals surface area contributed by atoms with Crippen LogP contribution in [0.4, 0.5) is 4.39 Å². The monoisotopic (exact) mass is 465 g/mol. The van der Waals surface area contributed by atoms with Crippen molar-refractivity contribution in [2.75, 3.05) is 32.9 Å². The fraction of sp³-hybridized carbons (Fsp3) is 0.355. The normalized spacial score (nSPS) is 18.4. The Morgan fingerprint density at radius 3 is 2.57 bits per heavy atom. The number of hydrogen-bond acceptors (Lipinski definition) is 2. The lowest BCUT2D eigenvalue weighted by atomic mass is 9.85. The molecule has 1 fully saturated rings. The Kier molecular flexibility index (Phi) is 7.68. The van der Waals surface area contributed by atoms with Gasteiger partial charge in [-0.05, 0) is 84.2 Å². The summed E-state index contributed by atoms with van der Waals surface area (Å²) in [5, 5.41) is 0. The zero-order valence-electron chi connectivity index (χ0n) is 20.4. The standard InChI is InChI=1S/C31H33BFNO/c32-27-12-15-30-26(20-27)8-4-9-29(24-6-2-1-3-7-24)31(30)25-10-13-28(14-11-25)35-22-23-16-19-34(21-23)18-5-17-33/h1-3,6-7,10-15,20,23H,4-5,8-9,16-19,21-22H2/t23-/m0/s1. The van der Waals surface area contributed by atoms with Crippen molar-refractivity contribution < 1.29 is 9.13 Å². The van der Waals surface area contributed by atoms with E-state index in [1.165, 1.54) is 33.4 Å². The van der Waals surface area contributed by atoms with Crippen LogP contribution in [-0.4, -0.2) is 45.7 Å². The molecule has 1 saturated heterocycles. The maximum absolute atomic E-state index is 12.5. The average Bonchev–Trinajstić information content (AvgIpc) is 3.26. The molecule has 2 aliphatic rings. The number of fused-ring (bicyclic) bond motifs is 1. The zero-order valence-corrected chi connectivity index (χ0v) is 20.4. The Morgan fingerprint density at radius 1 is 0.943 bits per heavy atom. The molecular formula is C31H33BFNO. The molecule has 3 aromatic carbocycles. The maximum Gasteiger partial charge on any atom is 0.119 e. The van der Waals surface area contributed by atoms with Gasteiger partial charge in [-0.25, -0.2) is 0 Å². The summed E-state index contributed by atoms with van der Waals surface area (Å²) in [6, 6.07) is 25.7. The minimum absolute atomic E-state index is 0.232. The molecule has 1 aliphatic heterocycles. The summed E-state index contributed by atoms with van der Waals surface area (Å²) in [6.07, 6.45) is 4.93. The highest BCUT2D eigenvalue weighted by Gasteiger charge is 2.23. The number of benzene rings is 3. The van der Waals surface area contributed by atoms with E-state index in [0.29, 0.717) is 18.9 Å². The van der Waals surface area contributed by atoms with Gasteiger partial charge in [-0.15, -0.1) is 0 Å². The predicted molar refractivity (Wildman–Crippen MR) is 144 cm³/mol. The average molecular weight is 465 g/mol. The van der Waals surface area contributed by atoms with Crippen LogP contribution >= 0.6 is 0 Å². The fourth-order valence-corrected chi connectivity index (χ4v) is 5.53. The van der Waals surface area contributed by atoms with Crippen LogP contribution in [-0.2, 0) is 6.42 Å². The molecule has 2 radical (unpaired) electrons. The largest absolute Gasteiger partial charge is 0.493 e. The molecule has 0 N–H and O–H groups in total. The molecule has 35 heavy (non-hydrogen) atoms. The second kappa shape index (κ2) is 11.3. The Bertz CT molecular complexity index is 1160. The predicted octanol–water partition coefficient (Wildman–Crippen LogP) is 5.84. The van der Waals surface area contributed by atoms with Crippen LogP contribution in [0.5, 0.6) is 5.75 Å². The molecule has 0 bridgehead atoms. The Balaban J connectivity index is 1.38. The molecule has 0 amide bonds. The van der Waals surface area contributed by atoms with Crippen molar-refractivity contribution in [3.05, 3.63) is 95.1 Å². The first-order chi connectivity index (χ1) is 17.2. The summed E-state index contributed by atoms with van der Waals surface area (Å²) in [5.74, 6) is 1.42. The highest BCUT2D eigenvalue weighted by atomic mass is 19.1. The number of hydrogen-bond donors (Lipinski definition) is 0. The summed E-state index contributed by atoms with van der Waals surface area (Å²) in [7, 11) is 6.15. The lowest BCUT2D eigenvalue weighted by molar-refractivity contribution is 0.237. The second-order valence-electron chi connectivity index (χ2n) is 9.82. The third kappa shape index (κ3) is 5.70. The van der Waals surface area contributed by atoms with Crippen molar-refractivity contribution in [2.45, 2.75) is 32.1 Å². The minimum atomic E-state index is -0.232. The highest BCUT2D eigenvalue weighted by molar-refractivity contribution is 6.32. The smallest absolute Gasteiger partial charge is 0.119 e. The minimum Gasteiger partial charge on any atom is -0.493 e. The van der Waals surface area contributed by atoms with Crippen LogP contribution in [0.3, 0.4) is 0 Å². The molecule has 178 valence electrons. The van der Waals surface area contributed by atoms with Crippen LogP contribution in [0.1, 0.15) is 47.9 Å². The van der Waals surface area contributed by atoms with Gasteiger partial charge in [0.25, 0.3) is 0 Å². The molecule has 0 spiro atoms. The zero-order chi connectivity index (χ0) is 24.0. The van der Waals surface area contributed by atoms with Crippen LogP contribution in [0.15, 0.2) is 72.8 Å². The quantitative estimate of drug-likeness (QED) is 0.388. The van der Waals surface area contributed by atoms with Gasteiger partial charge < -0.3 is 9.64 Å². The van der Waals surface area contributed by atoms with Crippen LogP contribution in [0, 0.1) is 5.92 Å². The molecule has 4 heteroatoms. The summed E-state index contributed by atoms with van der Waals surface area (Å²) in [6.45, 7) is 3.39. The van der Waals surface area contributed by atoms with Crippen molar-refractivity contribution in [3.63, 3.8) is 0 Å². The first-order valence-electron chi connectivity index (χ1n) is 12.9. The number of nitrogens with zero attached hydrogens (tertiary/aromatic N) is 1. The summed E-state index contributed by atoms with van der Waals surface area (Å²) >= 11 is 0. The number of rotatable bonds is 8. The lowest BCUT2D eigenvalue weighted by Gasteiger charge is -2.18. The van der Waals surface area contributed by atoms with E-state index in [2.05, 4.69) is 71.6 Å². The Hall–Kier alpha value is -2.85. The number of alkyl halides is 1. The number of allylic oxidation sites excluding steroid dienone is 1. The summed E-state index contributed by atoms with van der Waals surface area (Å²) < 4.78 is 18.6. The number of ether oxygens (including phenoxy) is 1. The van der Waals surface area contributed by atoms with Gasteiger partial charge in [-0.3, -0.25) is 4.39 Å². The first-order valence-corrected chi connectivity index (χ1v) is 12.9. The van der Waals surface area contributed by atoms with Gasteiger partial charge in [0.2, 0.25) is 0 Å². The van der Waals surface area contributed by atoms with Crippen molar-refractivity contribution in [3.8, 4) is 5.75 Å². The van der Waals surface area contributed by atoms with Crippen molar-refractivity contribution >= 4 is 24.5 Å². The Labute approximate surface area is 210 Å². The number of aryl methyl sites for hydroxylation is 1. The molecule has 0 unspecified atom stereocenters. The molecule has 0 saturated carbocycles. The van der Waals surface area contributed by atoms with Gasteiger partial charge in [-0.1, -0.05) is 66.1 Å². The van der Waals surface area contributed by atoms with Crippen molar-refractivity contribution in [2.24, 2.45) is 5.92 Å². The van der Waals surface area contributed by atoms with Gasteiger partial charge in [-0.2, -0.15) is 0 Å². The number of likely N-dealkylation sites (tertiary alicyclic amines) is 1. The van der Waals surface area contributed by atoms with Gasteiger partial charge in [0, 0.05) is 19.0 Å². The van der Waals surface area contributed by atoms with Gasteiger partial charge in [0.15, 0.2) is 0 Å². The van der Waals surface area contributed by atoms with Gasteiger partial charge in [0.05, 0.1) is 13.3 Å². The summed E-state index contributed by atoms with van der Waals surface area (Å²) in [4.78, 5) is 2.35. The summed E-state index contributed by atoms with van der Waals surface area (Å²) in [5.41, 5.74) is 8.61. The van der Waals surface area contributed by atoms with E-state index in [0.717, 1.165) is 56.5 Å². The van der Waals surface area contributed by atoms with Crippen molar-refractivity contribution in [1.29, 1.82) is 0 Å². The SMILES string of the molecule is [B]c1ccc2c(c1)CCCC(c1ccccc1)=C2c1ccc(OC[C@H]2CCN(CCCF)C2)cc1. The van der Waals surface area contributed by atoms with E-state index >= 15 is 0 Å². The van der Waals surface area contributed by atoms with E-state index in [-0.39, 0.29) is 6.67 Å². The second-order valence-corrected chi connectivity index (χ2v) is 9.82. The number of halogens is 1. The molecule has 1 atom stereocenters. The third-order valence-corrected chi connectivity index (χ3v) is 7.30. The Morgan fingerprint density at radius 2 is 1.77 bits per heavy atom. The third-order valence-electron chi connectivity index (χ3n) is 7.30. The van der Waals surface area contributed by atoms with Crippen LogP contribution < -0.4 is 10.2 Å². The van der Waals surface area contributed by atoms with E-state index in [1.54, 1.807) is 0 Å². The van der Waals surface area contributed by atoms with E-state index in [4.69, 9.17) is 12.6 Å². The van der Waals surface area contributed by atoms with Gasteiger partial charge >= 0.3 is 0 Å². The molecular weight excluding hydrogens is 432 g/mol. The molecule has 2 nitrogen and oxygen atoms in total. The van der Waals surface area contributed by atoms with Crippen LogP contribution in [0.2, 0.25) is 0 Å². The molecule has 3 aromatic rings. The van der Waals surface area contributed by atoms with E-state index in [9.17, 15) is 4.39 Å². The molecule has 1 aliphatic carbocycles. The van der Waals surface area contributed by atoms with E-state index < -0.39 is 0 Å². The topological polar surface area (TPSA) is 12.5 Å².